The van der Waals surface area contributed by atoms with Crippen LogP contribution in [0.1, 0.15) is 43.2 Å². The van der Waals surface area contributed by atoms with Gasteiger partial charge in [0.25, 0.3) is 0 Å². The number of fused-ring (bicyclic) bond motifs is 1. The summed E-state index contributed by atoms with van der Waals surface area (Å²) in [5.41, 5.74) is 2.98. The van der Waals surface area contributed by atoms with E-state index in [1.165, 1.54) is 43.2 Å². The summed E-state index contributed by atoms with van der Waals surface area (Å²) in [6, 6.07) is 7.35. The molecule has 3 nitrogen and oxygen atoms in total. The number of aryl methyl sites for hydroxylation is 2. The van der Waals surface area contributed by atoms with E-state index in [1.54, 1.807) is 0 Å². The fourth-order valence-electron chi connectivity index (χ4n) is 3.47. The normalized spacial score (nSPS) is 27.8. The van der Waals surface area contributed by atoms with Crippen molar-refractivity contribution in [2.75, 3.05) is 13.2 Å². The van der Waals surface area contributed by atoms with Crippen molar-refractivity contribution < 1.29 is 9.47 Å². The Hall–Kier alpha value is -1.06. The van der Waals surface area contributed by atoms with Crippen molar-refractivity contribution >= 4 is 0 Å². The third kappa shape index (κ3) is 3.41. The fraction of sp³-hybridized carbons (Fsp3) is 0.667. The highest BCUT2D eigenvalue weighted by Crippen LogP contribution is 2.27. The molecule has 0 bridgehead atoms. The zero-order valence-electron chi connectivity index (χ0n) is 12.6. The van der Waals surface area contributed by atoms with Gasteiger partial charge in [-0.25, -0.2) is 0 Å². The van der Waals surface area contributed by atoms with Gasteiger partial charge in [-0.05, 0) is 68.2 Å². The second-order valence-corrected chi connectivity index (χ2v) is 6.74. The van der Waals surface area contributed by atoms with E-state index in [4.69, 9.17) is 9.47 Å². The van der Waals surface area contributed by atoms with Crippen molar-refractivity contribution in [1.82, 2.24) is 5.32 Å². The van der Waals surface area contributed by atoms with Gasteiger partial charge in [-0.3, -0.25) is 0 Å². The van der Waals surface area contributed by atoms with Crippen LogP contribution in [0.4, 0.5) is 0 Å². The molecule has 1 saturated carbocycles. The number of nitrogens with one attached hydrogen (secondary N) is 1. The second kappa shape index (κ2) is 5.98. The Labute approximate surface area is 127 Å². The predicted molar refractivity (Wildman–Crippen MR) is 82.9 cm³/mol. The van der Waals surface area contributed by atoms with Crippen molar-refractivity contribution in [2.45, 2.75) is 63.2 Å². The van der Waals surface area contributed by atoms with E-state index in [0.717, 1.165) is 31.2 Å². The van der Waals surface area contributed by atoms with E-state index in [0.29, 0.717) is 12.7 Å². The molecule has 1 saturated heterocycles. The van der Waals surface area contributed by atoms with Gasteiger partial charge in [-0.1, -0.05) is 6.07 Å². The minimum atomic E-state index is 0.268. The van der Waals surface area contributed by atoms with Crippen LogP contribution in [0.5, 0.6) is 5.75 Å². The Kier molecular flexibility index (Phi) is 3.87. The number of hydrogen-bond acceptors (Lipinski definition) is 3. The van der Waals surface area contributed by atoms with E-state index < -0.39 is 0 Å². The Bertz CT molecular complexity index is 498. The zero-order chi connectivity index (χ0) is 14.1. The molecule has 2 atom stereocenters. The summed E-state index contributed by atoms with van der Waals surface area (Å²) in [6.07, 6.45) is 9.37. The first-order valence-corrected chi connectivity index (χ1v) is 8.50. The summed E-state index contributed by atoms with van der Waals surface area (Å²) in [6.45, 7) is 1.71. The van der Waals surface area contributed by atoms with Crippen molar-refractivity contribution in [3.05, 3.63) is 29.3 Å². The first-order chi connectivity index (χ1) is 10.4. The molecule has 1 N–H and O–H groups in total. The topological polar surface area (TPSA) is 30.5 Å². The number of rotatable bonds is 6. The lowest BCUT2D eigenvalue weighted by Gasteiger charge is -2.15. The van der Waals surface area contributed by atoms with E-state index >= 15 is 0 Å². The molecule has 1 heterocycles. The Balaban J connectivity index is 1.23. The van der Waals surface area contributed by atoms with Crippen LogP contribution in [0.2, 0.25) is 0 Å². The summed E-state index contributed by atoms with van der Waals surface area (Å²) < 4.78 is 12.0. The van der Waals surface area contributed by atoms with Crippen LogP contribution in [-0.2, 0) is 17.6 Å². The third-order valence-electron chi connectivity index (χ3n) is 4.91. The van der Waals surface area contributed by atoms with Crippen LogP contribution in [0, 0.1) is 0 Å². The van der Waals surface area contributed by atoms with Crippen LogP contribution in [-0.4, -0.2) is 31.4 Å². The average molecular weight is 287 g/mol. The lowest BCUT2D eigenvalue weighted by Crippen LogP contribution is -2.29. The first kappa shape index (κ1) is 13.6. The third-order valence-corrected chi connectivity index (χ3v) is 4.91. The molecule has 2 aliphatic carbocycles. The van der Waals surface area contributed by atoms with Gasteiger partial charge in [0, 0.05) is 12.6 Å². The van der Waals surface area contributed by atoms with Crippen LogP contribution in [0.15, 0.2) is 18.2 Å². The predicted octanol–water partition coefficient (Wildman–Crippen LogP) is 2.85. The Morgan fingerprint density at radius 1 is 1.05 bits per heavy atom. The molecule has 3 heteroatoms. The minimum Gasteiger partial charge on any atom is -0.491 e. The quantitative estimate of drug-likeness (QED) is 0.872. The van der Waals surface area contributed by atoms with Crippen molar-refractivity contribution in [3.8, 4) is 5.75 Å². The lowest BCUT2D eigenvalue weighted by atomic mass is 10.1. The summed E-state index contributed by atoms with van der Waals surface area (Å²) in [4.78, 5) is 0. The number of hydrogen-bond donors (Lipinski definition) is 1. The van der Waals surface area contributed by atoms with E-state index in [1.807, 2.05) is 0 Å². The van der Waals surface area contributed by atoms with Gasteiger partial charge in [-0.15, -0.1) is 0 Å². The Morgan fingerprint density at radius 2 is 1.90 bits per heavy atom. The summed E-state index contributed by atoms with van der Waals surface area (Å²) in [5, 5.41) is 3.56. The molecule has 2 fully saturated rings. The highest BCUT2D eigenvalue weighted by Gasteiger charge is 2.28. The largest absolute Gasteiger partial charge is 0.491 e. The first-order valence-electron chi connectivity index (χ1n) is 8.50. The maximum Gasteiger partial charge on any atom is 0.119 e. The summed E-state index contributed by atoms with van der Waals surface area (Å²) >= 11 is 0. The molecule has 3 aliphatic rings. The van der Waals surface area contributed by atoms with Gasteiger partial charge < -0.3 is 14.8 Å². The SMILES string of the molecule is c1cc2c(cc1OCC1CCC(CNC3CC3)O1)CCC2. The van der Waals surface area contributed by atoms with Crippen molar-refractivity contribution in [1.29, 1.82) is 0 Å². The maximum atomic E-state index is 6.07. The minimum absolute atomic E-state index is 0.268. The highest BCUT2D eigenvalue weighted by atomic mass is 16.5. The molecule has 21 heavy (non-hydrogen) atoms. The molecular formula is C18H25NO2. The molecule has 0 amide bonds. The van der Waals surface area contributed by atoms with Crippen LogP contribution >= 0.6 is 0 Å². The van der Waals surface area contributed by atoms with Gasteiger partial charge in [0.2, 0.25) is 0 Å². The standard InChI is InChI=1S/C18H25NO2/c1-2-13-4-7-16(10-14(13)3-1)20-12-18-9-8-17(21-18)11-19-15-5-6-15/h4,7,10,15,17-19H,1-3,5-6,8-9,11-12H2. The average Bonchev–Trinajstić information content (AvgIpc) is 3.04. The molecular weight excluding hydrogens is 262 g/mol. The van der Waals surface area contributed by atoms with E-state index in [2.05, 4.69) is 23.5 Å². The molecule has 1 aliphatic heterocycles. The van der Waals surface area contributed by atoms with Crippen LogP contribution in [0.25, 0.3) is 0 Å². The molecule has 4 rings (SSSR count). The second-order valence-electron chi connectivity index (χ2n) is 6.74. The van der Waals surface area contributed by atoms with Crippen LogP contribution in [0.3, 0.4) is 0 Å². The monoisotopic (exact) mass is 287 g/mol. The molecule has 114 valence electrons. The molecule has 0 aromatic heterocycles. The van der Waals surface area contributed by atoms with Gasteiger partial charge in [0.1, 0.15) is 12.4 Å². The molecule has 0 spiro atoms. The highest BCUT2D eigenvalue weighted by molar-refractivity contribution is 5.38. The smallest absolute Gasteiger partial charge is 0.119 e. The zero-order valence-corrected chi connectivity index (χ0v) is 12.6. The summed E-state index contributed by atoms with van der Waals surface area (Å²) in [7, 11) is 0. The van der Waals surface area contributed by atoms with Gasteiger partial charge in [0.15, 0.2) is 0 Å². The fourth-order valence-corrected chi connectivity index (χ4v) is 3.47. The van der Waals surface area contributed by atoms with E-state index in [-0.39, 0.29) is 6.10 Å². The molecule has 1 aromatic carbocycles. The summed E-state index contributed by atoms with van der Waals surface area (Å²) in [5.74, 6) is 1.01. The van der Waals surface area contributed by atoms with Crippen LogP contribution < -0.4 is 10.1 Å². The van der Waals surface area contributed by atoms with Crippen molar-refractivity contribution in [2.24, 2.45) is 0 Å². The molecule has 2 unspecified atom stereocenters. The lowest BCUT2D eigenvalue weighted by molar-refractivity contribution is 0.0184. The molecule has 0 radical (unpaired) electrons. The van der Waals surface area contributed by atoms with Crippen molar-refractivity contribution in [3.63, 3.8) is 0 Å². The Morgan fingerprint density at radius 3 is 2.81 bits per heavy atom. The van der Waals surface area contributed by atoms with Gasteiger partial charge >= 0.3 is 0 Å². The maximum absolute atomic E-state index is 6.07. The van der Waals surface area contributed by atoms with Gasteiger partial charge in [0.05, 0.1) is 12.2 Å². The van der Waals surface area contributed by atoms with E-state index in [9.17, 15) is 0 Å². The number of benzene rings is 1. The van der Waals surface area contributed by atoms with Gasteiger partial charge in [-0.2, -0.15) is 0 Å². The molecule has 1 aromatic rings. The number of ether oxygens (including phenoxy) is 2.